The Balaban J connectivity index is 1.39. The van der Waals surface area contributed by atoms with Crippen LogP contribution in [0, 0.1) is 0 Å². The number of hydrogen-bond acceptors (Lipinski definition) is 5. The number of ether oxygens (including phenoxy) is 1. The summed E-state index contributed by atoms with van der Waals surface area (Å²) in [5.41, 5.74) is 0. The van der Waals surface area contributed by atoms with Crippen molar-refractivity contribution in [2.24, 2.45) is 0 Å². The molecular weight excluding hydrogens is 270 g/mol. The molecule has 0 bridgehead atoms. The summed E-state index contributed by atoms with van der Waals surface area (Å²) in [5, 5.41) is 4.94. The third-order valence-corrected chi connectivity index (χ3v) is 5.32. The van der Waals surface area contributed by atoms with E-state index >= 15 is 0 Å². The van der Waals surface area contributed by atoms with Gasteiger partial charge in [0.2, 0.25) is 0 Å². The molecule has 0 amide bonds. The van der Waals surface area contributed by atoms with Crippen LogP contribution in [-0.2, 0) is 17.7 Å². The lowest BCUT2D eigenvalue weighted by Crippen LogP contribution is -2.37. The lowest BCUT2D eigenvalue weighted by molar-refractivity contribution is 0.0384. The van der Waals surface area contributed by atoms with Gasteiger partial charge in [-0.2, -0.15) is 0 Å². The van der Waals surface area contributed by atoms with Gasteiger partial charge in [0, 0.05) is 49.7 Å². The first-order valence-corrected chi connectivity index (χ1v) is 8.69. The minimum Gasteiger partial charge on any atom is -0.379 e. The van der Waals surface area contributed by atoms with E-state index in [0.29, 0.717) is 0 Å². The lowest BCUT2D eigenvalue weighted by Gasteiger charge is -2.25. The zero-order valence-electron chi connectivity index (χ0n) is 12.1. The lowest BCUT2D eigenvalue weighted by atomic mass is 10.2. The molecule has 112 valence electrons. The van der Waals surface area contributed by atoms with E-state index in [1.165, 1.54) is 35.6 Å². The summed E-state index contributed by atoms with van der Waals surface area (Å²) < 4.78 is 5.37. The van der Waals surface area contributed by atoms with Crippen molar-refractivity contribution in [3.63, 3.8) is 0 Å². The number of nitrogens with one attached hydrogen (secondary N) is 1. The normalized spacial score (nSPS) is 21.6. The van der Waals surface area contributed by atoms with E-state index in [-0.39, 0.29) is 0 Å². The highest BCUT2D eigenvalue weighted by atomic mass is 32.1. The second-order valence-corrected chi connectivity index (χ2v) is 6.99. The summed E-state index contributed by atoms with van der Waals surface area (Å²) >= 11 is 1.87. The molecule has 0 unspecified atom stereocenters. The molecule has 2 fully saturated rings. The minimum absolute atomic E-state index is 0.744. The fourth-order valence-corrected chi connectivity index (χ4v) is 3.86. The molecule has 2 heterocycles. The Labute approximate surface area is 125 Å². The SMILES string of the molecule is c1nc(CCN2CCOCC2)sc1CNC1CCCC1. The van der Waals surface area contributed by atoms with Gasteiger partial charge < -0.3 is 10.1 Å². The Morgan fingerprint density at radius 2 is 2.10 bits per heavy atom. The van der Waals surface area contributed by atoms with Crippen LogP contribution < -0.4 is 5.32 Å². The fraction of sp³-hybridized carbons (Fsp3) is 0.800. The maximum Gasteiger partial charge on any atom is 0.0940 e. The van der Waals surface area contributed by atoms with Crippen molar-refractivity contribution in [1.82, 2.24) is 15.2 Å². The van der Waals surface area contributed by atoms with E-state index in [1.807, 2.05) is 11.3 Å². The number of nitrogens with zero attached hydrogens (tertiary/aromatic N) is 2. The maximum atomic E-state index is 5.37. The second kappa shape index (κ2) is 7.50. The number of thiazole rings is 1. The molecule has 0 spiro atoms. The highest BCUT2D eigenvalue weighted by Gasteiger charge is 2.15. The number of aromatic nitrogens is 1. The summed E-state index contributed by atoms with van der Waals surface area (Å²) in [7, 11) is 0. The Morgan fingerprint density at radius 1 is 1.30 bits per heavy atom. The first-order valence-electron chi connectivity index (χ1n) is 7.87. The molecular formula is C15H25N3OS. The zero-order valence-corrected chi connectivity index (χ0v) is 13.0. The van der Waals surface area contributed by atoms with Gasteiger partial charge in [-0.15, -0.1) is 11.3 Å². The molecule has 3 rings (SSSR count). The van der Waals surface area contributed by atoms with Gasteiger partial charge in [-0.05, 0) is 12.8 Å². The maximum absolute atomic E-state index is 5.37. The zero-order chi connectivity index (χ0) is 13.6. The predicted molar refractivity (Wildman–Crippen MR) is 82.2 cm³/mol. The summed E-state index contributed by atoms with van der Waals surface area (Å²) in [6.07, 6.45) is 8.62. The number of morpholine rings is 1. The Kier molecular flexibility index (Phi) is 5.42. The standard InChI is InChI=1S/C15H25N3OS/c1-2-4-13(3-1)16-11-14-12-17-15(20-14)5-6-18-7-9-19-10-8-18/h12-13,16H,1-11H2. The topological polar surface area (TPSA) is 37.4 Å². The van der Waals surface area contributed by atoms with E-state index < -0.39 is 0 Å². The monoisotopic (exact) mass is 295 g/mol. The smallest absolute Gasteiger partial charge is 0.0940 e. The van der Waals surface area contributed by atoms with Gasteiger partial charge in [0.1, 0.15) is 0 Å². The molecule has 0 radical (unpaired) electrons. The summed E-state index contributed by atoms with van der Waals surface area (Å²) in [5.74, 6) is 0. The van der Waals surface area contributed by atoms with Gasteiger partial charge >= 0.3 is 0 Å². The molecule has 1 N–H and O–H groups in total. The molecule has 20 heavy (non-hydrogen) atoms. The molecule has 2 aliphatic rings. The van der Waals surface area contributed by atoms with Crippen LogP contribution in [0.25, 0.3) is 0 Å². The highest BCUT2D eigenvalue weighted by Crippen LogP contribution is 2.19. The number of rotatable bonds is 6. The second-order valence-electron chi connectivity index (χ2n) is 5.79. The van der Waals surface area contributed by atoms with Crippen LogP contribution in [0.4, 0.5) is 0 Å². The third kappa shape index (κ3) is 4.25. The van der Waals surface area contributed by atoms with Gasteiger partial charge in [0.25, 0.3) is 0 Å². The molecule has 0 atom stereocenters. The third-order valence-electron chi connectivity index (χ3n) is 4.27. The molecule has 0 aromatic carbocycles. The van der Waals surface area contributed by atoms with Crippen LogP contribution in [-0.4, -0.2) is 48.8 Å². The molecule has 1 saturated heterocycles. The first-order chi connectivity index (χ1) is 9.90. The van der Waals surface area contributed by atoms with E-state index in [9.17, 15) is 0 Å². The van der Waals surface area contributed by atoms with Crippen molar-refractivity contribution in [3.05, 3.63) is 16.1 Å². The molecule has 1 aromatic rings. The van der Waals surface area contributed by atoms with E-state index in [4.69, 9.17) is 4.74 Å². The minimum atomic E-state index is 0.744. The molecule has 1 saturated carbocycles. The van der Waals surface area contributed by atoms with Crippen LogP contribution in [0.1, 0.15) is 35.6 Å². The van der Waals surface area contributed by atoms with E-state index in [2.05, 4.69) is 21.4 Å². The summed E-state index contributed by atoms with van der Waals surface area (Å²) in [4.78, 5) is 8.42. The van der Waals surface area contributed by atoms with Gasteiger partial charge in [0.15, 0.2) is 0 Å². The van der Waals surface area contributed by atoms with Gasteiger partial charge in [-0.1, -0.05) is 12.8 Å². The van der Waals surface area contributed by atoms with Crippen LogP contribution >= 0.6 is 11.3 Å². The molecule has 1 aromatic heterocycles. The van der Waals surface area contributed by atoms with Crippen LogP contribution in [0.5, 0.6) is 0 Å². The van der Waals surface area contributed by atoms with Crippen molar-refractivity contribution in [2.75, 3.05) is 32.8 Å². The van der Waals surface area contributed by atoms with Gasteiger partial charge in [-0.25, -0.2) is 4.98 Å². The average molecular weight is 295 g/mol. The van der Waals surface area contributed by atoms with Gasteiger partial charge in [-0.3, -0.25) is 4.90 Å². The van der Waals surface area contributed by atoms with Crippen molar-refractivity contribution >= 4 is 11.3 Å². The van der Waals surface area contributed by atoms with Crippen molar-refractivity contribution < 1.29 is 4.74 Å². The summed E-state index contributed by atoms with van der Waals surface area (Å²) in [6, 6.07) is 0.744. The van der Waals surface area contributed by atoms with E-state index in [0.717, 1.165) is 51.9 Å². The molecule has 1 aliphatic carbocycles. The average Bonchev–Trinajstić information content (AvgIpc) is 3.16. The predicted octanol–water partition coefficient (Wildman–Crippen LogP) is 2.05. The quantitative estimate of drug-likeness (QED) is 0.871. The Morgan fingerprint density at radius 3 is 2.90 bits per heavy atom. The van der Waals surface area contributed by atoms with Crippen molar-refractivity contribution in [2.45, 2.75) is 44.7 Å². The van der Waals surface area contributed by atoms with Crippen molar-refractivity contribution in [1.29, 1.82) is 0 Å². The van der Waals surface area contributed by atoms with Crippen LogP contribution in [0.2, 0.25) is 0 Å². The highest BCUT2D eigenvalue weighted by molar-refractivity contribution is 7.11. The molecule has 4 nitrogen and oxygen atoms in total. The van der Waals surface area contributed by atoms with Crippen LogP contribution in [0.15, 0.2) is 6.20 Å². The first kappa shape index (κ1) is 14.4. The number of hydrogen-bond donors (Lipinski definition) is 1. The van der Waals surface area contributed by atoms with Gasteiger partial charge in [0.05, 0.1) is 18.2 Å². The van der Waals surface area contributed by atoms with E-state index in [1.54, 1.807) is 0 Å². The van der Waals surface area contributed by atoms with Crippen molar-refractivity contribution in [3.8, 4) is 0 Å². The Hall–Kier alpha value is -0.490. The summed E-state index contributed by atoms with van der Waals surface area (Å²) in [6.45, 7) is 6.03. The Bertz CT molecular complexity index is 398. The molecule has 5 heteroatoms. The molecule has 1 aliphatic heterocycles. The fourth-order valence-electron chi connectivity index (χ4n) is 3.00. The van der Waals surface area contributed by atoms with Crippen LogP contribution in [0.3, 0.4) is 0 Å². The largest absolute Gasteiger partial charge is 0.379 e.